The van der Waals surface area contributed by atoms with Crippen LogP contribution in [-0.2, 0) is 0 Å². The molecule has 0 aliphatic carbocycles. The number of halogens is 1. The van der Waals surface area contributed by atoms with Crippen LogP contribution in [0, 0.1) is 6.92 Å². The zero-order valence-corrected chi connectivity index (χ0v) is 19.7. The number of thioether (sulfide) groups is 1. The lowest BCUT2D eigenvalue weighted by Gasteiger charge is -2.39. The van der Waals surface area contributed by atoms with Crippen LogP contribution in [0.1, 0.15) is 34.4 Å². The highest BCUT2D eigenvalue weighted by Gasteiger charge is 2.41. The van der Waals surface area contributed by atoms with E-state index in [0.717, 1.165) is 38.9 Å². The first kappa shape index (κ1) is 20.4. The fraction of sp³-hybridized carbons (Fsp3) is 0.154. The summed E-state index contributed by atoms with van der Waals surface area (Å²) in [5.41, 5.74) is 6.42. The van der Waals surface area contributed by atoms with Gasteiger partial charge in [0.15, 0.2) is 0 Å². The topological polar surface area (TPSA) is 52.0 Å². The Balaban J connectivity index is 1.64. The molecule has 0 bridgehead atoms. The molecule has 7 heteroatoms. The number of aromatic nitrogens is 3. The molecule has 3 heterocycles. The first-order valence-electron chi connectivity index (χ1n) is 10.7. The van der Waals surface area contributed by atoms with Gasteiger partial charge in [-0.15, -0.1) is 5.10 Å². The number of anilines is 1. The quantitative estimate of drug-likeness (QED) is 0.344. The van der Waals surface area contributed by atoms with Gasteiger partial charge in [0.05, 0.1) is 5.70 Å². The highest BCUT2D eigenvalue weighted by molar-refractivity contribution is 7.98. The average molecular weight is 473 g/mol. The van der Waals surface area contributed by atoms with E-state index in [1.165, 1.54) is 17.3 Å². The molecule has 2 atom stereocenters. The maximum absolute atomic E-state index is 6.64. The number of ether oxygens (including phenoxy) is 1. The number of rotatable bonds is 3. The van der Waals surface area contributed by atoms with Crippen molar-refractivity contribution < 1.29 is 4.74 Å². The Hall–Kier alpha value is -3.22. The second kappa shape index (κ2) is 7.97. The van der Waals surface area contributed by atoms with E-state index in [-0.39, 0.29) is 12.1 Å². The molecule has 5 nitrogen and oxygen atoms in total. The molecule has 0 spiro atoms. The van der Waals surface area contributed by atoms with E-state index >= 15 is 0 Å². The van der Waals surface area contributed by atoms with Crippen LogP contribution in [-0.4, -0.2) is 21.0 Å². The Morgan fingerprint density at radius 1 is 1.00 bits per heavy atom. The van der Waals surface area contributed by atoms with Gasteiger partial charge in [0.2, 0.25) is 11.1 Å². The van der Waals surface area contributed by atoms with Crippen LogP contribution < -0.4 is 10.1 Å². The minimum atomic E-state index is -0.288. The number of hydrogen-bond donors (Lipinski definition) is 1. The molecule has 4 aromatic rings. The molecule has 6 rings (SSSR count). The van der Waals surface area contributed by atoms with E-state index in [4.69, 9.17) is 26.4 Å². The number of aryl methyl sites for hydroxylation is 1. The van der Waals surface area contributed by atoms with Crippen LogP contribution in [0.15, 0.2) is 83.5 Å². The molecule has 33 heavy (non-hydrogen) atoms. The van der Waals surface area contributed by atoms with E-state index in [9.17, 15) is 0 Å². The predicted molar refractivity (Wildman–Crippen MR) is 133 cm³/mol. The second-order valence-electron chi connectivity index (χ2n) is 8.18. The molecule has 164 valence electrons. The van der Waals surface area contributed by atoms with Gasteiger partial charge in [-0.2, -0.15) is 4.98 Å². The molecule has 0 unspecified atom stereocenters. The average Bonchev–Trinajstić information content (AvgIpc) is 3.26. The summed E-state index contributed by atoms with van der Waals surface area (Å²) in [7, 11) is 0. The van der Waals surface area contributed by atoms with Crippen LogP contribution in [0.5, 0.6) is 5.75 Å². The number of fused-ring (bicyclic) bond motifs is 3. The van der Waals surface area contributed by atoms with Gasteiger partial charge in [0.1, 0.15) is 17.9 Å². The van der Waals surface area contributed by atoms with Gasteiger partial charge in [-0.3, -0.25) is 0 Å². The highest BCUT2D eigenvalue weighted by atomic mass is 35.5. The molecule has 3 aromatic carbocycles. The normalized spacial score (nSPS) is 18.6. The number of nitrogens with zero attached hydrogens (tertiary/aromatic N) is 3. The van der Waals surface area contributed by atoms with Crippen molar-refractivity contribution in [2.24, 2.45) is 0 Å². The fourth-order valence-corrected chi connectivity index (χ4v) is 5.06. The summed E-state index contributed by atoms with van der Waals surface area (Å²) in [5, 5.41) is 9.78. The monoisotopic (exact) mass is 472 g/mol. The Labute approximate surface area is 201 Å². The first-order chi connectivity index (χ1) is 16.1. The lowest BCUT2D eigenvalue weighted by atomic mass is 9.84. The van der Waals surface area contributed by atoms with Gasteiger partial charge >= 0.3 is 0 Å². The molecule has 1 aromatic heterocycles. The van der Waals surface area contributed by atoms with Gasteiger partial charge < -0.3 is 10.1 Å². The molecule has 1 N–H and O–H groups in total. The van der Waals surface area contributed by atoms with Crippen molar-refractivity contribution in [3.8, 4) is 5.75 Å². The summed E-state index contributed by atoms with van der Waals surface area (Å²) in [6.45, 7) is 2.10. The third kappa shape index (κ3) is 3.41. The van der Waals surface area contributed by atoms with Crippen molar-refractivity contribution in [3.63, 3.8) is 0 Å². The number of hydrogen-bond acceptors (Lipinski definition) is 5. The molecule has 0 radical (unpaired) electrons. The van der Waals surface area contributed by atoms with Crippen molar-refractivity contribution in [1.29, 1.82) is 0 Å². The summed E-state index contributed by atoms with van der Waals surface area (Å²) < 4.78 is 8.62. The van der Waals surface area contributed by atoms with Gasteiger partial charge in [-0.1, -0.05) is 83.5 Å². The van der Waals surface area contributed by atoms with Crippen LogP contribution in [0.25, 0.3) is 5.70 Å². The van der Waals surface area contributed by atoms with E-state index in [0.29, 0.717) is 11.0 Å². The van der Waals surface area contributed by atoms with E-state index in [2.05, 4.69) is 48.6 Å². The van der Waals surface area contributed by atoms with Crippen molar-refractivity contribution >= 4 is 35.0 Å². The second-order valence-corrected chi connectivity index (χ2v) is 9.39. The fourth-order valence-electron chi connectivity index (χ4n) is 4.54. The zero-order valence-electron chi connectivity index (χ0n) is 18.1. The molecule has 0 amide bonds. The first-order valence-corrected chi connectivity index (χ1v) is 12.3. The maximum atomic E-state index is 6.64. The lowest BCUT2D eigenvalue weighted by Crippen LogP contribution is -2.32. The standard InChI is InChI=1S/C26H21ClN4OS/c1-15-8-10-16(11-9-15)23-21-22(28-25-29-26(33-2)30-31(23)25)19-14-18(27)12-13-20(19)32-24(21)17-6-4-3-5-7-17/h3-14,23-24H,1-2H3,(H,28,29,30)/t23-,24-/m1/s1. The minimum absolute atomic E-state index is 0.178. The minimum Gasteiger partial charge on any atom is -0.480 e. The van der Waals surface area contributed by atoms with E-state index in [1.807, 2.05) is 47.3 Å². The van der Waals surface area contributed by atoms with E-state index < -0.39 is 0 Å². The summed E-state index contributed by atoms with van der Waals surface area (Å²) >= 11 is 7.94. The predicted octanol–water partition coefficient (Wildman–Crippen LogP) is 6.52. The lowest BCUT2D eigenvalue weighted by molar-refractivity contribution is 0.223. The molecule has 2 aliphatic heterocycles. The molecule has 0 saturated heterocycles. The van der Waals surface area contributed by atoms with Crippen LogP contribution in [0.4, 0.5) is 5.95 Å². The maximum Gasteiger partial charge on any atom is 0.227 e. The smallest absolute Gasteiger partial charge is 0.227 e. The third-order valence-corrected chi connectivity index (χ3v) is 6.87. The zero-order chi connectivity index (χ0) is 22.5. The molecular weight excluding hydrogens is 452 g/mol. The van der Waals surface area contributed by atoms with Crippen LogP contribution in [0.3, 0.4) is 0 Å². The van der Waals surface area contributed by atoms with Gasteiger partial charge in [0.25, 0.3) is 0 Å². The molecule has 0 saturated carbocycles. The summed E-state index contributed by atoms with van der Waals surface area (Å²) in [5.74, 6) is 1.50. The highest BCUT2D eigenvalue weighted by Crippen LogP contribution is 2.51. The Morgan fingerprint density at radius 3 is 2.55 bits per heavy atom. The van der Waals surface area contributed by atoms with Crippen molar-refractivity contribution in [3.05, 3.63) is 106 Å². The Bertz CT molecular complexity index is 1380. The van der Waals surface area contributed by atoms with Gasteiger partial charge in [0, 0.05) is 16.2 Å². The molecular formula is C26H21ClN4OS. The van der Waals surface area contributed by atoms with Crippen molar-refractivity contribution in [2.75, 3.05) is 11.6 Å². The van der Waals surface area contributed by atoms with Crippen molar-refractivity contribution in [2.45, 2.75) is 24.2 Å². The summed E-state index contributed by atoms with van der Waals surface area (Å²) in [6, 6.07) is 24.5. The van der Waals surface area contributed by atoms with E-state index in [1.54, 1.807) is 0 Å². The largest absolute Gasteiger partial charge is 0.480 e. The van der Waals surface area contributed by atoms with Crippen molar-refractivity contribution in [1.82, 2.24) is 14.8 Å². The summed E-state index contributed by atoms with van der Waals surface area (Å²) in [4.78, 5) is 4.74. The molecule has 0 fully saturated rings. The Kier molecular flexibility index (Phi) is 4.93. The SMILES string of the molecule is CSc1nc2n(n1)[C@H](c1ccc(C)cc1)C1=C(N2)c2cc(Cl)ccc2O[C@@H]1c1ccccc1. The number of benzene rings is 3. The molecule has 2 aliphatic rings. The van der Waals surface area contributed by atoms with Crippen LogP contribution >= 0.6 is 23.4 Å². The Morgan fingerprint density at radius 2 is 1.79 bits per heavy atom. The summed E-state index contributed by atoms with van der Waals surface area (Å²) in [6.07, 6.45) is 1.70. The van der Waals surface area contributed by atoms with Gasteiger partial charge in [-0.05, 0) is 42.5 Å². The third-order valence-electron chi connectivity index (χ3n) is 6.09. The van der Waals surface area contributed by atoms with Crippen LogP contribution in [0.2, 0.25) is 5.02 Å². The number of nitrogens with one attached hydrogen (secondary N) is 1. The van der Waals surface area contributed by atoms with Gasteiger partial charge in [-0.25, -0.2) is 4.68 Å².